The minimum Gasteiger partial charge on any atom is -0.383 e. The molecule has 1 aromatic carbocycles. The molecular formula is C14H20N2O2. The van der Waals surface area contributed by atoms with Gasteiger partial charge in [-0.05, 0) is 18.1 Å². The summed E-state index contributed by atoms with van der Waals surface area (Å²) in [5.74, 6) is 0.0510. The molecule has 98 valence electrons. The summed E-state index contributed by atoms with van der Waals surface area (Å²) in [5, 5.41) is 6.27. The van der Waals surface area contributed by atoms with Gasteiger partial charge in [0.15, 0.2) is 0 Å². The Morgan fingerprint density at radius 1 is 1.56 bits per heavy atom. The van der Waals surface area contributed by atoms with Crippen LogP contribution in [0.2, 0.25) is 0 Å². The first-order chi connectivity index (χ1) is 8.74. The summed E-state index contributed by atoms with van der Waals surface area (Å²) in [4.78, 5) is 12.1. The van der Waals surface area contributed by atoms with Gasteiger partial charge in [-0.1, -0.05) is 25.1 Å². The van der Waals surface area contributed by atoms with Crippen LogP contribution in [0.4, 0.5) is 5.69 Å². The zero-order valence-corrected chi connectivity index (χ0v) is 10.9. The third kappa shape index (κ3) is 2.82. The molecule has 0 aromatic heterocycles. The molecule has 1 amide bonds. The van der Waals surface area contributed by atoms with Gasteiger partial charge in [0.05, 0.1) is 12.6 Å². The molecule has 2 rings (SSSR count). The number of anilines is 1. The molecule has 0 saturated carbocycles. The lowest BCUT2D eigenvalue weighted by atomic mass is 10.1. The first kappa shape index (κ1) is 12.9. The second-order valence-corrected chi connectivity index (χ2v) is 4.63. The predicted molar refractivity (Wildman–Crippen MR) is 71.7 cm³/mol. The number of para-hydroxylation sites is 1. The van der Waals surface area contributed by atoms with Crippen molar-refractivity contribution in [1.82, 2.24) is 5.32 Å². The topological polar surface area (TPSA) is 50.4 Å². The average Bonchev–Trinajstić information content (AvgIpc) is 2.82. The van der Waals surface area contributed by atoms with Crippen LogP contribution in [0.15, 0.2) is 24.3 Å². The maximum Gasteiger partial charge on any atom is 0.243 e. The Hall–Kier alpha value is -1.55. The van der Waals surface area contributed by atoms with Gasteiger partial charge >= 0.3 is 0 Å². The molecule has 0 aliphatic carbocycles. The summed E-state index contributed by atoms with van der Waals surface area (Å²) in [6, 6.07) is 7.98. The van der Waals surface area contributed by atoms with Crippen LogP contribution >= 0.6 is 0 Å². The fourth-order valence-corrected chi connectivity index (χ4v) is 2.22. The SMILES string of the molecule is CCC(COC)NC(=O)C1Cc2ccccc2N1. The van der Waals surface area contributed by atoms with Gasteiger partial charge < -0.3 is 15.4 Å². The van der Waals surface area contributed by atoms with Crippen LogP contribution in [0.25, 0.3) is 0 Å². The lowest BCUT2D eigenvalue weighted by molar-refractivity contribution is -0.122. The Labute approximate surface area is 108 Å². The lowest BCUT2D eigenvalue weighted by Gasteiger charge is -2.19. The molecule has 4 nitrogen and oxygen atoms in total. The van der Waals surface area contributed by atoms with Crippen LogP contribution in [-0.4, -0.2) is 31.7 Å². The van der Waals surface area contributed by atoms with Crippen LogP contribution in [0.5, 0.6) is 0 Å². The number of hydrogen-bond donors (Lipinski definition) is 2. The van der Waals surface area contributed by atoms with E-state index in [1.807, 2.05) is 25.1 Å². The quantitative estimate of drug-likeness (QED) is 0.831. The first-order valence-corrected chi connectivity index (χ1v) is 6.38. The van der Waals surface area contributed by atoms with Crippen molar-refractivity contribution in [3.05, 3.63) is 29.8 Å². The monoisotopic (exact) mass is 248 g/mol. The molecule has 18 heavy (non-hydrogen) atoms. The van der Waals surface area contributed by atoms with E-state index in [2.05, 4.69) is 16.7 Å². The summed E-state index contributed by atoms with van der Waals surface area (Å²) in [5.41, 5.74) is 2.27. The summed E-state index contributed by atoms with van der Waals surface area (Å²) in [6.07, 6.45) is 1.63. The number of rotatable bonds is 5. The van der Waals surface area contributed by atoms with E-state index in [-0.39, 0.29) is 18.0 Å². The fourth-order valence-electron chi connectivity index (χ4n) is 2.22. The van der Waals surface area contributed by atoms with E-state index >= 15 is 0 Å². The Balaban J connectivity index is 1.92. The summed E-state index contributed by atoms with van der Waals surface area (Å²) >= 11 is 0. The van der Waals surface area contributed by atoms with Crippen LogP contribution in [0.3, 0.4) is 0 Å². The van der Waals surface area contributed by atoms with E-state index in [9.17, 15) is 4.79 Å². The van der Waals surface area contributed by atoms with Crippen molar-refractivity contribution in [2.75, 3.05) is 19.0 Å². The highest BCUT2D eigenvalue weighted by atomic mass is 16.5. The zero-order chi connectivity index (χ0) is 13.0. The van der Waals surface area contributed by atoms with E-state index in [1.54, 1.807) is 7.11 Å². The molecule has 1 aliphatic rings. The van der Waals surface area contributed by atoms with E-state index in [4.69, 9.17) is 4.74 Å². The molecule has 0 fully saturated rings. The number of nitrogens with one attached hydrogen (secondary N) is 2. The third-order valence-corrected chi connectivity index (χ3v) is 3.29. The average molecular weight is 248 g/mol. The van der Waals surface area contributed by atoms with Crippen molar-refractivity contribution in [3.63, 3.8) is 0 Å². The minimum absolute atomic E-state index is 0.0510. The number of fused-ring (bicyclic) bond motifs is 1. The summed E-state index contributed by atoms with van der Waals surface area (Å²) in [6.45, 7) is 2.60. The van der Waals surface area contributed by atoms with Crippen LogP contribution < -0.4 is 10.6 Å². The van der Waals surface area contributed by atoms with Crippen molar-refractivity contribution in [2.24, 2.45) is 0 Å². The number of ether oxygens (including phenoxy) is 1. The van der Waals surface area contributed by atoms with E-state index in [1.165, 1.54) is 5.56 Å². The van der Waals surface area contributed by atoms with Crippen LogP contribution in [0, 0.1) is 0 Å². The molecule has 2 atom stereocenters. The Morgan fingerprint density at radius 2 is 2.33 bits per heavy atom. The first-order valence-electron chi connectivity index (χ1n) is 6.38. The molecule has 0 spiro atoms. The maximum absolute atomic E-state index is 12.1. The molecule has 1 aliphatic heterocycles. The molecule has 0 bridgehead atoms. The van der Waals surface area contributed by atoms with Crippen LogP contribution in [-0.2, 0) is 16.0 Å². The molecular weight excluding hydrogens is 228 g/mol. The number of carbonyl (C=O) groups is 1. The second kappa shape index (κ2) is 5.87. The molecule has 2 unspecified atom stereocenters. The van der Waals surface area contributed by atoms with Gasteiger partial charge in [0.1, 0.15) is 6.04 Å². The van der Waals surface area contributed by atoms with Gasteiger partial charge in [0.2, 0.25) is 5.91 Å². The van der Waals surface area contributed by atoms with Gasteiger partial charge in [-0.25, -0.2) is 0 Å². The number of benzene rings is 1. The smallest absolute Gasteiger partial charge is 0.243 e. The maximum atomic E-state index is 12.1. The lowest BCUT2D eigenvalue weighted by Crippen LogP contribution is -2.45. The predicted octanol–water partition coefficient (Wildman–Crippen LogP) is 1.56. The van der Waals surface area contributed by atoms with Gasteiger partial charge in [-0.3, -0.25) is 4.79 Å². The van der Waals surface area contributed by atoms with Crippen molar-refractivity contribution >= 4 is 11.6 Å². The highest BCUT2D eigenvalue weighted by Gasteiger charge is 2.27. The highest BCUT2D eigenvalue weighted by Crippen LogP contribution is 2.25. The van der Waals surface area contributed by atoms with Gasteiger partial charge in [-0.2, -0.15) is 0 Å². The summed E-state index contributed by atoms with van der Waals surface area (Å²) < 4.78 is 5.09. The number of hydrogen-bond acceptors (Lipinski definition) is 3. The Kier molecular flexibility index (Phi) is 4.20. The highest BCUT2D eigenvalue weighted by molar-refractivity contribution is 5.87. The number of methoxy groups -OCH3 is 1. The van der Waals surface area contributed by atoms with Gasteiger partial charge in [0.25, 0.3) is 0 Å². The van der Waals surface area contributed by atoms with Gasteiger partial charge in [0, 0.05) is 19.2 Å². The largest absolute Gasteiger partial charge is 0.383 e. The van der Waals surface area contributed by atoms with Crippen LogP contribution in [0.1, 0.15) is 18.9 Å². The van der Waals surface area contributed by atoms with E-state index in [0.717, 1.165) is 18.5 Å². The molecule has 2 N–H and O–H groups in total. The van der Waals surface area contributed by atoms with E-state index < -0.39 is 0 Å². The minimum atomic E-state index is -0.159. The van der Waals surface area contributed by atoms with Crippen molar-refractivity contribution in [2.45, 2.75) is 31.8 Å². The molecule has 1 heterocycles. The molecule has 4 heteroatoms. The van der Waals surface area contributed by atoms with Gasteiger partial charge in [-0.15, -0.1) is 0 Å². The Morgan fingerprint density at radius 3 is 3.00 bits per heavy atom. The molecule has 1 aromatic rings. The second-order valence-electron chi connectivity index (χ2n) is 4.63. The van der Waals surface area contributed by atoms with Crippen molar-refractivity contribution in [1.29, 1.82) is 0 Å². The normalized spacial score (nSPS) is 18.9. The number of amides is 1. The Bertz CT molecular complexity index is 395. The third-order valence-electron chi connectivity index (χ3n) is 3.29. The van der Waals surface area contributed by atoms with Crippen molar-refractivity contribution < 1.29 is 9.53 Å². The summed E-state index contributed by atoms with van der Waals surface area (Å²) in [7, 11) is 1.65. The molecule has 0 saturated heterocycles. The van der Waals surface area contributed by atoms with Crippen molar-refractivity contribution in [3.8, 4) is 0 Å². The standard InChI is InChI=1S/C14H20N2O2/c1-3-11(9-18-2)15-14(17)13-8-10-6-4-5-7-12(10)16-13/h4-7,11,13,16H,3,8-9H2,1-2H3,(H,15,17). The molecule has 0 radical (unpaired) electrons. The van der Waals surface area contributed by atoms with E-state index in [0.29, 0.717) is 6.61 Å². The fraction of sp³-hybridized carbons (Fsp3) is 0.500. The zero-order valence-electron chi connectivity index (χ0n) is 10.9. The number of carbonyl (C=O) groups excluding carboxylic acids is 1.